The van der Waals surface area contributed by atoms with Crippen molar-refractivity contribution >= 4 is 11.6 Å². The lowest BCUT2D eigenvalue weighted by molar-refractivity contribution is 0.0568. The third kappa shape index (κ3) is 1.83. The minimum Gasteiger partial charge on any atom is -0.497 e. The Bertz CT molecular complexity index is 446. The molecule has 2 aliphatic carbocycles. The monoisotopic (exact) mass is 266 g/mol. The average Bonchev–Trinajstić information content (AvgIpc) is 2.44. The Morgan fingerprint density at radius 2 is 2.00 bits per heavy atom. The van der Waals surface area contributed by atoms with E-state index >= 15 is 0 Å². The summed E-state index contributed by atoms with van der Waals surface area (Å²) in [5.74, 6) is 1.66. The Morgan fingerprint density at radius 1 is 1.22 bits per heavy atom. The van der Waals surface area contributed by atoms with Crippen molar-refractivity contribution in [3.63, 3.8) is 0 Å². The number of hydrogen-bond acceptors (Lipinski definition) is 2. The van der Waals surface area contributed by atoms with Crippen LogP contribution in [0, 0.1) is 5.92 Å². The van der Waals surface area contributed by atoms with Crippen molar-refractivity contribution in [2.75, 3.05) is 7.11 Å². The molecule has 3 rings (SSSR count). The number of halogens is 1. The molecule has 0 amide bonds. The summed E-state index contributed by atoms with van der Waals surface area (Å²) in [4.78, 5) is 0. The molecule has 1 fully saturated rings. The average molecular weight is 267 g/mol. The lowest BCUT2D eigenvalue weighted by atomic mass is 9.66. The number of rotatable bonds is 1. The first kappa shape index (κ1) is 12.3. The molecule has 4 atom stereocenters. The fourth-order valence-electron chi connectivity index (χ4n) is 3.61. The molecule has 1 saturated carbocycles. The standard InChI is InChI=1S/C15H19ClO2/c1-18-9-6-7-11-13(8-9)10-4-2-3-5-12(10)15(17)14(11)16/h6-8,10,12,14-15,17H,2-5H2,1H3/t10-,12-,14+,15-/m1/s1. The van der Waals surface area contributed by atoms with Gasteiger partial charge in [-0.2, -0.15) is 0 Å². The van der Waals surface area contributed by atoms with Crippen LogP contribution in [0.1, 0.15) is 48.1 Å². The van der Waals surface area contributed by atoms with Gasteiger partial charge in [0, 0.05) is 0 Å². The second kappa shape index (κ2) is 4.75. The van der Waals surface area contributed by atoms with Crippen LogP contribution in [-0.2, 0) is 0 Å². The molecular weight excluding hydrogens is 248 g/mol. The van der Waals surface area contributed by atoms with E-state index in [1.807, 2.05) is 12.1 Å². The molecule has 0 spiro atoms. The minimum atomic E-state index is -0.405. The van der Waals surface area contributed by atoms with Gasteiger partial charge in [0.2, 0.25) is 0 Å². The molecule has 2 nitrogen and oxygen atoms in total. The van der Waals surface area contributed by atoms with Crippen LogP contribution in [-0.4, -0.2) is 18.3 Å². The smallest absolute Gasteiger partial charge is 0.119 e. The Labute approximate surface area is 113 Å². The molecule has 0 bridgehead atoms. The highest BCUT2D eigenvalue weighted by molar-refractivity contribution is 6.21. The van der Waals surface area contributed by atoms with Crippen molar-refractivity contribution in [2.45, 2.75) is 43.1 Å². The molecule has 0 radical (unpaired) electrons. The number of hydrogen-bond donors (Lipinski definition) is 1. The van der Waals surface area contributed by atoms with E-state index in [1.54, 1.807) is 7.11 Å². The Balaban J connectivity index is 2.07. The number of alkyl halides is 1. The highest BCUT2D eigenvalue weighted by atomic mass is 35.5. The molecule has 2 aliphatic rings. The van der Waals surface area contributed by atoms with E-state index < -0.39 is 6.10 Å². The molecule has 1 N–H and O–H groups in total. The third-order valence-corrected chi connectivity index (χ3v) is 5.04. The largest absolute Gasteiger partial charge is 0.497 e. The van der Waals surface area contributed by atoms with E-state index in [9.17, 15) is 5.11 Å². The van der Waals surface area contributed by atoms with Crippen LogP contribution in [0.2, 0.25) is 0 Å². The highest BCUT2D eigenvalue weighted by Gasteiger charge is 2.42. The summed E-state index contributed by atoms with van der Waals surface area (Å²) in [6.45, 7) is 0. The fraction of sp³-hybridized carbons (Fsp3) is 0.600. The van der Waals surface area contributed by atoms with Gasteiger partial charge in [0.05, 0.1) is 18.6 Å². The summed E-state index contributed by atoms with van der Waals surface area (Å²) in [7, 11) is 1.69. The van der Waals surface area contributed by atoms with Crippen LogP contribution >= 0.6 is 11.6 Å². The quantitative estimate of drug-likeness (QED) is 0.787. The molecular formula is C15H19ClO2. The summed E-state index contributed by atoms with van der Waals surface area (Å²) < 4.78 is 5.32. The number of benzene rings is 1. The molecule has 1 aromatic rings. The van der Waals surface area contributed by atoms with Crippen molar-refractivity contribution in [3.8, 4) is 5.75 Å². The fourth-order valence-corrected chi connectivity index (χ4v) is 3.99. The van der Waals surface area contributed by atoms with Gasteiger partial charge >= 0.3 is 0 Å². The van der Waals surface area contributed by atoms with Crippen molar-refractivity contribution < 1.29 is 9.84 Å². The maximum atomic E-state index is 10.4. The molecule has 0 unspecified atom stereocenters. The van der Waals surface area contributed by atoms with Crippen LogP contribution in [0.5, 0.6) is 5.75 Å². The van der Waals surface area contributed by atoms with Crippen LogP contribution < -0.4 is 4.74 Å². The number of fused-ring (bicyclic) bond motifs is 3. The summed E-state index contributed by atoms with van der Waals surface area (Å²) >= 11 is 6.42. The maximum Gasteiger partial charge on any atom is 0.119 e. The first-order valence-corrected chi connectivity index (χ1v) is 7.16. The second-order valence-electron chi connectivity index (χ2n) is 5.44. The number of ether oxygens (including phenoxy) is 1. The van der Waals surface area contributed by atoms with Gasteiger partial charge in [-0.25, -0.2) is 0 Å². The summed E-state index contributed by atoms with van der Waals surface area (Å²) in [5.41, 5.74) is 2.39. The van der Waals surface area contributed by atoms with E-state index in [2.05, 4.69) is 6.07 Å². The normalized spacial score (nSPS) is 34.6. The van der Waals surface area contributed by atoms with Gasteiger partial charge in [0.1, 0.15) is 5.75 Å². The predicted molar refractivity (Wildman–Crippen MR) is 72.3 cm³/mol. The van der Waals surface area contributed by atoms with Gasteiger partial charge in [-0.15, -0.1) is 11.6 Å². The predicted octanol–water partition coefficient (Wildman–Crippen LogP) is 3.62. The van der Waals surface area contributed by atoms with E-state index in [-0.39, 0.29) is 5.38 Å². The van der Waals surface area contributed by atoms with Gasteiger partial charge in [-0.05, 0) is 47.9 Å². The zero-order valence-corrected chi connectivity index (χ0v) is 11.4. The third-order valence-electron chi connectivity index (χ3n) is 4.55. The van der Waals surface area contributed by atoms with Crippen molar-refractivity contribution in [3.05, 3.63) is 29.3 Å². The summed E-state index contributed by atoms with van der Waals surface area (Å²) in [6.07, 6.45) is 4.30. The molecule has 0 saturated heterocycles. The van der Waals surface area contributed by atoms with E-state index in [0.29, 0.717) is 11.8 Å². The Hall–Kier alpha value is -0.730. The van der Waals surface area contributed by atoms with Crippen molar-refractivity contribution in [2.24, 2.45) is 5.92 Å². The van der Waals surface area contributed by atoms with Crippen LogP contribution in [0.3, 0.4) is 0 Å². The van der Waals surface area contributed by atoms with Crippen LogP contribution in [0.4, 0.5) is 0 Å². The topological polar surface area (TPSA) is 29.5 Å². The maximum absolute atomic E-state index is 10.4. The van der Waals surface area contributed by atoms with Crippen LogP contribution in [0.15, 0.2) is 18.2 Å². The minimum absolute atomic E-state index is 0.273. The Morgan fingerprint density at radius 3 is 2.78 bits per heavy atom. The Kier molecular flexibility index (Phi) is 3.25. The van der Waals surface area contributed by atoms with Gasteiger partial charge in [0.25, 0.3) is 0 Å². The first-order chi connectivity index (χ1) is 8.72. The number of aliphatic hydroxyl groups excluding tert-OH is 1. The zero-order valence-electron chi connectivity index (χ0n) is 10.6. The van der Waals surface area contributed by atoms with Gasteiger partial charge < -0.3 is 9.84 Å². The molecule has 3 heteroatoms. The SMILES string of the molecule is COc1ccc2c(c1)[C@@H]1CCCC[C@H]1[C@@H](O)[C@H]2Cl. The number of aliphatic hydroxyl groups is 1. The lowest BCUT2D eigenvalue weighted by Crippen LogP contribution is -2.37. The van der Waals surface area contributed by atoms with Gasteiger partial charge in [0.15, 0.2) is 0 Å². The summed E-state index contributed by atoms with van der Waals surface area (Å²) in [5, 5.41) is 10.1. The molecule has 98 valence electrons. The molecule has 0 heterocycles. The molecule has 0 aromatic heterocycles. The van der Waals surface area contributed by atoms with Gasteiger partial charge in [-0.1, -0.05) is 18.9 Å². The van der Waals surface area contributed by atoms with Crippen molar-refractivity contribution in [1.82, 2.24) is 0 Å². The lowest BCUT2D eigenvalue weighted by Gasteiger charge is -2.42. The molecule has 18 heavy (non-hydrogen) atoms. The van der Waals surface area contributed by atoms with E-state index in [1.165, 1.54) is 18.4 Å². The first-order valence-electron chi connectivity index (χ1n) is 6.72. The second-order valence-corrected chi connectivity index (χ2v) is 5.91. The van der Waals surface area contributed by atoms with Crippen LogP contribution in [0.25, 0.3) is 0 Å². The highest BCUT2D eigenvalue weighted by Crippen LogP contribution is 2.51. The van der Waals surface area contributed by atoms with E-state index in [4.69, 9.17) is 16.3 Å². The molecule has 0 aliphatic heterocycles. The van der Waals surface area contributed by atoms with E-state index in [0.717, 1.165) is 24.2 Å². The van der Waals surface area contributed by atoms with Gasteiger partial charge in [-0.3, -0.25) is 0 Å². The summed E-state index contributed by atoms with van der Waals surface area (Å²) in [6, 6.07) is 6.06. The van der Waals surface area contributed by atoms with Crippen molar-refractivity contribution in [1.29, 1.82) is 0 Å². The molecule has 1 aromatic carbocycles. The number of methoxy groups -OCH3 is 1. The zero-order chi connectivity index (χ0) is 12.7.